The highest BCUT2D eigenvalue weighted by atomic mass is 16.6. The van der Waals surface area contributed by atoms with Gasteiger partial charge >= 0.3 is 5.69 Å². The fraction of sp³-hybridized carbons (Fsp3) is 0.417. The van der Waals surface area contributed by atoms with Gasteiger partial charge < -0.3 is 9.47 Å². The van der Waals surface area contributed by atoms with Gasteiger partial charge in [-0.15, -0.1) is 0 Å². The summed E-state index contributed by atoms with van der Waals surface area (Å²) in [6, 6.07) is 4.11. The van der Waals surface area contributed by atoms with Gasteiger partial charge in [-0.2, -0.15) is 0 Å². The maximum absolute atomic E-state index is 11.6. The van der Waals surface area contributed by atoms with Crippen LogP contribution in [0.15, 0.2) is 18.2 Å². The summed E-state index contributed by atoms with van der Waals surface area (Å²) < 4.78 is 10.4. The number of carbonyl (C=O) groups excluding carboxylic acids is 1. The number of carbonyl (C=O) groups is 1. The highest BCUT2D eigenvalue weighted by molar-refractivity contribution is 5.80. The lowest BCUT2D eigenvalue weighted by Crippen LogP contribution is -2.44. The molecule has 8 nitrogen and oxygen atoms in total. The minimum atomic E-state index is -0.840. The Kier molecular flexibility index (Phi) is 5.27. The van der Waals surface area contributed by atoms with Crippen LogP contribution in [0.25, 0.3) is 0 Å². The van der Waals surface area contributed by atoms with Crippen molar-refractivity contribution in [3.8, 4) is 11.5 Å². The summed E-state index contributed by atoms with van der Waals surface area (Å²) in [5.41, 5.74) is 1.77. The van der Waals surface area contributed by atoms with Gasteiger partial charge in [0.25, 0.3) is 5.91 Å². The minimum absolute atomic E-state index is 0.117. The van der Waals surface area contributed by atoms with Gasteiger partial charge in [-0.25, -0.2) is 5.84 Å². The van der Waals surface area contributed by atoms with Crippen molar-refractivity contribution in [1.29, 1.82) is 0 Å². The van der Waals surface area contributed by atoms with Gasteiger partial charge in [-0.1, -0.05) is 13.8 Å². The molecule has 0 heterocycles. The first-order valence-electron chi connectivity index (χ1n) is 5.90. The number of hydrogen-bond donors (Lipinski definition) is 2. The number of methoxy groups -OCH3 is 1. The van der Waals surface area contributed by atoms with Gasteiger partial charge in [0, 0.05) is 0 Å². The van der Waals surface area contributed by atoms with E-state index < -0.39 is 16.9 Å². The van der Waals surface area contributed by atoms with Crippen LogP contribution in [0.1, 0.15) is 13.8 Å². The molecule has 0 aliphatic heterocycles. The van der Waals surface area contributed by atoms with Crippen molar-refractivity contribution in [3.05, 3.63) is 28.3 Å². The lowest BCUT2D eigenvalue weighted by atomic mass is 10.1. The molecule has 110 valence electrons. The number of nitro benzene ring substituents is 1. The molecule has 0 fully saturated rings. The normalized spacial score (nSPS) is 11.8. The lowest BCUT2D eigenvalue weighted by Gasteiger charge is -2.20. The number of nitrogens with zero attached hydrogens (tertiary/aromatic N) is 1. The van der Waals surface area contributed by atoms with Crippen LogP contribution in [-0.2, 0) is 4.79 Å². The van der Waals surface area contributed by atoms with Crippen molar-refractivity contribution < 1.29 is 19.2 Å². The number of nitrogens with two attached hydrogens (primary N) is 1. The molecule has 0 saturated heterocycles. The van der Waals surface area contributed by atoms with Crippen molar-refractivity contribution >= 4 is 11.6 Å². The van der Waals surface area contributed by atoms with Crippen LogP contribution < -0.4 is 20.7 Å². The van der Waals surface area contributed by atoms with Crippen molar-refractivity contribution in [3.63, 3.8) is 0 Å². The van der Waals surface area contributed by atoms with Crippen LogP contribution >= 0.6 is 0 Å². The number of hydrazine groups is 1. The molecule has 3 N–H and O–H groups in total. The molecule has 0 aromatic heterocycles. The number of nitro groups is 1. The number of amides is 1. The summed E-state index contributed by atoms with van der Waals surface area (Å²) in [5.74, 6) is 4.74. The first-order valence-corrected chi connectivity index (χ1v) is 5.90. The Hall–Kier alpha value is -2.35. The van der Waals surface area contributed by atoms with Gasteiger partial charge in [0.15, 0.2) is 11.9 Å². The summed E-state index contributed by atoms with van der Waals surface area (Å²) in [5, 5.41) is 10.9. The molecule has 1 amide bonds. The van der Waals surface area contributed by atoms with E-state index in [1.807, 2.05) is 5.43 Å². The van der Waals surface area contributed by atoms with E-state index in [2.05, 4.69) is 0 Å². The molecule has 0 bridgehead atoms. The SMILES string of the molecule is COc1ccc(OC(C(=O)NN)C(C)C)cc1[N+](=O)[O-]. The molecular formula is C12H17N3O5. The first-order chi connectivity index (χ1) is 9.40. The maximum Gasteiger partial charge on any atom is 0.314 e. The number of rotatable bonds is 6. The van der Waals surface area contributed by atoms with Crippen LogP contribution in [0.3, 0.4) is 0 Å². The number of hydrogen-bond acceptors (Lipinski definition) is 6. The standard InChI is InChI=1S/C12H17N3O5/c1-7(2)11(12(16)14-13)20-8-4-5-10(19-3)9(6-8)15(17)18/h4-7,11H,13H2,1-3H3,(H,14,16). The van der Waals surface area contributed by atoms with Gasteiger partial charge in [0.2, 0.25) is 0 Å². The summed E-state index contributed by atoms with van der Waals surface area (Å²) in [7, 11) is 1.33. The molecule has 20 heavy (non-hydrogen) atoms. The average molecular weight is 283 g/mol. The third-order valence-corrected chi connectivity index (χ3v) is 2.62. The van der Waals surface area contributed by atoms with Gasteiger partial charge in [0.05, 0.1) is 18.1 Å². The summed E-state index contributed by atoms with van der Waals surface area (Å²) >= 11 is 0. The van der Waals surface area contributed by atoms with Crippen LogP contribution in [0.2, 0.25) is 0 Å². The van der Waals surface area contributed by atoms with Crippen molar-refractivity contribution in [2.24, 2.45) is 11.8 Å². The van der Waals surface area contributed by atoms with Crippen LogP contribution in [0.5, 0.6) is 11.5 Å². The van der Waals surface area contributed by atoms with Gasteiger partial charge in [-0.05, 0) is 18.1 Å². The Balaban J connectivity index is 3.05. The van der Waals surface area contributed by atoms with Crippen molar-refractivity contribution in [2.75, 3.05) is 7.11 Å². The smallest absolute Gasteiger partial charge is 0.314 e. The molecule has 1 unspecified atom stereocenters. The third-order valence-electron chi connectivity index (χ3n) is 2.62. The molecular weight excluding hydrogens is 266 g/mol. The summed E-state index contributed by atoms with van der Waals surface area (Å²) in [6.45, 7) is 3.55. The zero-order chi connectivity index (χ0) is 15.3. The number of nitrogens with one attached hydrogen (secondary N) is 1. The summed E-state index contributed by atoms with van der Waals surface area (Å²) in [6.07, 6.45) is -0.840. The molecule has 1 atom stereocenters. The number of ether oxygens (including phenoxy) is 2. The zero-order valence-electron chi connectivity index (χ0n) is 11.5. The fourth-order valence-corrected chi connectivity index (χ4v) is 1.61. The van der Waals surface area contributed by atoms with Crippen molar-refractivity contribution in [1.82, 2.24) is 5.43 Å². The molecule has 0 spiro atoms. The molecule has 0 aliphatic carbocycles. The Morgan fingerprint density at radius 1 is 1.45 bits per heavy atom. The van der Waals surface area contributed by atoms with E-state index in [1.165, 1.54) is 25.3 Å². The molecule has 0 radical (unpaired) electrons. The monoisotopic (exact) mass is 283 g/mol. The van der Waals surface area contributed by atoms with E-state index in [9.17, 15) is 14.9 Å². The van der Waals surface area contributed by atoms with Crippen LogP contribution in [0.4, 0.5) is 5.69 Å². The van der Waals surface area contributed by atoms with E-state index in [0.29, 0.717) is 0 Å². The molecule has 1 aromatic carbocycles. The predicted octanol–water partition coefficient (Wildman–Crippen LogP) is 0.997. The lowest BCUT2D eigenvalue weighted by molar-refractivity contribution is -0.385. The van der Waals surface area contributed by atoms with E-state index in [-0.39, 0.29) is 23.1 Å². The van der Waals surface area contributed by atoms with E-state index in [4.69, 9.17) is 15.3 Å². The topological polar surface area (TPSA) is 117 Å². The maximum atomic E-state index is 11.6. The largest absolute Gasteiger partial charge is 0.490 e. The minimum Gasteiger partial charge on any atom is -0.490 e. The highest BCUT2D eigenvalue weighted by Gasteiger charge is 2.25. The molecule has 0 aliphatic rings. The molecule has 1 rings (SSSR count). The molecule has 1 aromatic rings. The Morgan fingerprint density at radius 2 is 2.10 bits per heavy atom. The second-order valence-electron chi connectivity index (χ2n) is 4.38. The first kappa shape index (κ1) is 15.7. The second-order valence-corrected chi connectivity index (χ2v) is 4.38. The Bertz CT molecular complexity index is 504. The quantitative estimate of drug-likeness (QED) is 0.348. The Labute approximate surface area is 116 Å². The van der Waals surface area contributed by atoms with Crippen LogP contribution in [0, 0.1) is 16.0 Å². The molecule has 8 heteroatoms. The highest BCUT2D eigenvalue weighted by Crippen LogP contribution is 2.31. The van der Waals surface area contributed by atoms with Crippen LogP contribution in [-0.4, -0.2) is 24.0 Å². The zero-order valence-corrected chi connectivity index (χ0v) is 11.5. The third kappa shape index (κ3) is 3.58. The summed E-state index contributed by atoms with van der Waals surface area (Å²) in [4.78, 5) is 21.9. The predicted molar refractivity (Wildman–Crippen MR) is 71.2 cm³/mol. The van der Waals surface area contributed by atoms with Gasteiger partial charge in [-0.3, -0.25) is 20.3 Å². The number of benzene rings is 1. The second kappa shape index (κ2) is 6.71. The molecule has 0 saturated carbocycles. The van der Waals surface area contributed by atoms with E-state index >= 15 is 0 Å². The average Bonchev–Trinajstić information content (AvgIpc) is 2.43. The fourth-order valence-electron chi connectivity index (χ4n) is 1.61. The van der Waals surface area contributed by atoms with E-state index in [0.717, 1.165) is 0 Å². The van der Waals surface area contributed by atoms with Crippen molar-refractivity contribution in [2.45, 2.75) is 20.0 Å². The van der Waals surface area contributed by atoms with E-state index in [1.54, 1.807) is 13.8 Å². The Morgan fingerprint density at radius 3 is 2.55 bits per heavy atom. The van der Waals surface area contributed by atoms with Gasteiger partial charge in [0.1, 0.15) is 5.75 Å².